The molecule has 7 nitrogen and oxygen atoms in total. The van der Waals surface area contributed by atoms with Gasteiger partial charge in [0.2, 0.25) is 0 Å². The van der Waals surface area contributed by atoms with Crippen molar-refractivity contribution < 1.29 is 0 Å². The number of anilines is 2. The minimum absolute atomic E-state index is 0.968. The Labute approximate surface area is 153 Å². The van der Waals surface area contributed by atoms with Crippen LogP contribution in [0.2, 0.25) is 0 Å². The molecule has 0 unspecified atom stereocenters. The van der Waals surface area contributed by atoms with Crippen LogP contribution < -0.4 is 9.80 Å². The molecule has 1 saturated heterocycles. The summed E-state index contributed by atoms with van der Waals surface area (Å²) in [6.45, 7) is 6.32. The molecule has 3 heterocycles. The molecule has 0 radical (unpaired) electrons. The number of fused-ring (bicyclic) bond motifs is 1. The maximum Gasteiger partial charge on any atom is 0.139 e. The van der Waals surface area contributed by atoms with Gasteiger partial charge in [0.25, 0.3) is 0 Å². The lowest BCUT2D eigenvalue weighted by Crippen LogP contribution is -2.47. The highest BCUT2D eigenvalue weighted by Gasteiger charge is 2.18. The average Bonchev–Trinajstić information content (AvgIpc) is 3.19. The number of aromatic nitrogens is 4. The van der Waals surface area contributed by atoms with Gasteiger partial charge in [0.15, 0.2) is 0 Å². The molecule has 136 valence electrons. The first-order valence-corrected chi connectivity index (χ1v) is 9.06. The molecule has 2 aromatic heterocycles. The lowest BCUT2D eigenvalue weighted by molar-refractivity contribution is 0.248. The van der Waals surface area contributed by atoms with Crippen LogP contribution in [-0.4, -0.2) is 71.2 Å². The second kappa shape index (κ2) is 7.29. The molecule has 1 aliphatic rings. The summed E-state index contributed by atoms with van der Waals surface area (Å²) >= 11 is 0. The van der Waals surface area contributed by atoms with Crippen LogP contribution in [0.5, 0.6) is 0 Å². The van der Waals surface area contributed by atoms with E-state index >= 15 is 0 Å². The van der Waals surface area contributed by atoms with Gasteiger partial charge in [-0.2, -0.15) is 0 Å². The van der Waals surface area contributed by atoms with Crippen molar-refractivity contribution >= 4 is 22.4 Å². The van der Waals surface area contributed by atoms with Gasteiger partial charge >= 0.3 is 0 Å². The van der Waals surface area contributed by atoms with Gasteiger partial charge in [-0.3, -0.25) is 4.90 Å². The number of hydrogen-bond donors (Lipinski definition) is 0. The molecule has 0 bridgehead atoms. The molecule has 26 heavy (non-hydrogen) atoms. The number of piperazine rings is 1. The van der Waals surface area contributed by atoms with Crippen LogP contribution in [0.25, 0.3) is 10.9 Å². The van der Waals surface area contributed by atoms with E-state index in [2.05, 4.69) is 47.5 Å². The third-order valence-electron chi connectivity index (χ3n) is 4.99. The molecule has 1 aliphatic heterocycles. The Hall–Kier alpha value is -2.67. The monoisotopic (exact) mass is 351 g/mol. The van der Waals surface area contributed by atoms with Crippen molar-refractivity contribution in [1.82, 2.24) is 24.4 Å². The number of hydrogen-bond acceptors (Lipinski definition) is 6. The van der Waals surface area contributed by atoms with Crippen molar-refractivity contribution in [2.75, 3.05) is 56.6 Å². The quantitative estimate of drug-likeness (QED) is 0.698. The molecule has 4 rings (SSSR count). The first kappa shape index (κ1) is 16.8. The molecule has 0 saturated carbocycles. The summed E-state index contributed by atoms with van der Waals surface area (Å²) in [7, 11) is 4.04. The van der Waals surface area contributed by atoms with Crippen molar-refractivity contribution in [1.29, 1.82) is 0 Å². The van der Waals surface area contributed by atoms with Crippen LogP contribution in [0.3, 0.4) is 0 Å². The Morgan fingerprint density at radius 2 is 1.88 bits per heavy atom. The first-order valence-electron chi connectivity index (χ1n) is 9.06. The van der Waals surface area contributed by atoms with Gasteiger partial charge in [0, 0.05) is 76.8 Å². The smallest absolute Gasteiger partial charge is 0.139 e. The fraction of sp³-hybridized carbons (Fsp3) is 0.421. The van der Waals surface area contributed by atoms with Crippen LogP contribution in [0.15, 0.2) is 43.2 Å². The van der Waals surface area contributed by atoms with E-state index in [-0.39, 0.29) is 0 Å². The molecule has 3 aromatic rings. The molecule has 1 fully saturated rings. The van der Waals surface area contributed by atoms with Gasteiger partial charge in [-0.15, -0.1) is 0 Å². The zero-order chi connectivity index (χ0) is 17.9. The number of imidazole rings is 1. The van der Waals surface area contributed by atoms with E-state index in [1.54, 1.807) is 6.33 Å². The third kappa shape index (κ3) is 3.48. The second-order valence-electron chi connectivity index (χ2n) is 6.92. The number of nitrogens with zero attached hydrogens (tertiary/aromatic N) is 7. The van der Waals surface area contributed by atoms with Crippen LogP contribution in [0.1, 0.15) is 0 Å². The van der Waals surface area contributed by atoms with Crippen molar-refractivity contribution in [2.45, 2.75) is 6.54 Å². The summed E-state index contributed by atoms with van der Waals surface area (Å²) in [5.74, 6) is 0.968. The molecule has 0 aliphatic carbocycles. The maximum absolute atomic E-state index is 4.43. The van der Waals surface area contributed by atoms with Gasteiger partial charge < -0.3 is 14.4 Å². The summed E-state index contributed by atoms with van der Waals surface area (Å²) in [6.07, 6.45) is 7.38. The Morgan fingerprint density at radius 1 is 1.04 bits per heavy atom. The third-order valence-corrected chi connectivity index (χ3v) is 4.99. The largest absolute Gasteiger partial charge is 0.369 e. The fourth-order valence-electron chi connectivity index (χ4n) is 3.49. The van der Waals surface area contributed by atoms with Crippen molar-refractivity contribution in [3.8, 4) is 0 Å². The van der Waals surface area contributed by atoms with E-state index in [9.17, 15) is 0 Å². The fourth-order valence-corrected chi connectivity index (χ4v) is 3.49. The first-order chi connectivity index (χ1) is 12.7. The predicted octanol–water partition coefficient (Wildman–Crippen LogP) is 1.71. The van der Waals surface area contributed by atoms with Crippen LogP contribution in [-0.2, 0) is 6.54 Å². The highest BCUT2D eigenvalue weighted by Crippen LogP contribution is 2.27. The van der Waals surface area contributed by atoms with E-state index in [4.69, 9.17) is 0 Å². The normalized spacial score (nSPS) is 15.5. The molecule has 0 N–H and O–H groups in total. The summed E-state index contributed by atoms with van der Waals surface area (Å²) in [4.78, 5) is 20.0. The maximum atomic E-state index is 4.43. The van der Waals surface area contributed by atoms with Crippen molar-refractivity contribution in [3.05, 3.63) is 43.2 Å². The van der Waals surface area contributed by atoms with Gasteiger partial charge in [-0.1, -0.05) is 0 Å². The highest BCUT2D eigenvalue weighted by molar-refractivity contribution is 5.91. The minimum atomic E-state index is 0.968. The molecular weight excluding hydrogens is 326 g/mol. The second-order valence-corrected chi connectivity index (χ2v) is 6.92. The SMILES string of the molecule is CN(C)c1ncnc2ccc(N3CCN(CCn4ccnc4)CC3)cc12. The van der Waals surface area contributed by atoms with E-state index in [1.165, 1.54) is 5.69 Å². The Kier molecular flexibility index (Phi) is 4.71. The average molecular weight is 351 g/mol. The van der Waals surface area contributed by atoms with Gasteiger partial charge in [0.1, 0.15) is 12.1 Å². The molecule has 7 heteroatoms. The summed E-state index contributed by atoms with van der Waals surface area (Å²) in [6, 6.07) is 6.51. The zero-order valence-corrected chi connectivity index (χ0v) is 15.4. The predicted molar refractivity (Wildman–Crippen MR) is 105 cm³/mol. The Balaban J connectivity index is 1.43. The molecule has 0 spiro atoms. The topological polar surface area (TPSA) is 53.3 Å². The Bertz CT molecular complexity index is 851. The van der Waals surface area contributed by atoms with Gasteiger partial charge in [-0.25, -0.2) is 15.0 Å². The Morgan fingerprint density at radius 3 is 2.62 bits per heavy atom. The standard InChI is InChI=1S/C19H25N7/c1-23(2)19-17-13-16(3-4-18(17)21-14-22-19)26-11-9-24(10-12-26)7-8-25-6-5-20-15-25/h3-6,13-15H,7-12H2,1-2H3. The lowest BCUT2D eigenvalue weighted by Gasteiger charge is -2.36. The van der Waals surface area contributed by atoms with Crippen LogP contribution >= 0.6 is 0 Å². The van der Waals surface area contributed by atoms with Crippen molar-refractivity contribution in [3.63, 3.8) is 0 Å². The highest BCUT2D eigenvalue weighted by atomic mass is 15.3. The van der Waals surface area contributed by atoms with Crippen molar-refractivity contribution in [2.24, 2.45) is 0 Å². The molecular formula is C19H25N7. The number of benzene rings is 1. The van der Waals surface area contributed by atoms with E-state index in [1.807, 2.05) is 37.7 Å². The van der Waals surface area contributed by atoms with Crippen LogP contribution in [0, 0.1) is 0 Å². The molecule has 0 atom stereocenters. The van der Waals surface area contributed by atoms with E-state index < -0.39 is 0 Å². The van der Waals surface area contributed by atoms with Crippen LogP contribution in [0.4, 0.5) is 11.5 Å². The summed E-state index contributed by atoms with van der Waals surface area (Å²) in [5.41, 5.74) is 2.25. The van der Waals surface area contributed by atoms with E-state index in [0.29, 0.717) is 0 Å². The lowest BCUT2D eigenvalue weighted by atomic mass is 10.1. The summed E-state index contributed by atoms with van der Waals surface area (Å²) in [5, 5.41) is 1.11. The van der Waals surface area contributed by atoms with Gasteiger partial charge in [-0.05, 0) is 18.2 Å². The molecule has 0 amide bonds. The zero-order valence-electron chi connectivity index (χ0n) is 15.4. The number of rotatable bonds is 5. The van der Waals surface area contributed by atoms with E-state index in [0.717, 1.165) is 56.0 Å². The summed E-state index contributed by atoms with van der Waals surface area (Å²) < 4.78 is 2.14. The minimum Gasteiger partial charge on any atom is -0.369 e. The molecule has 1 aromatic carbocycles. The van der Waals surface area contributed by atoms with Gasteiger partial charge in [0.05, 0.1) is 11.8 Å².